The number of pyridine rings is 1. The summed E-state index contributed by atoms with van der Waals surface area (Å²) in [6, 6.07) is 4.82. The average Bonchev–Trinajstić information content (AvgIpc) is 3.26. The molecule has 0 spiro atoms. The van der Waals surface area contributed by atoms with Crippen LogP contribution in [-0.4, -0.2) is 49.5 Å². The van der Waals surface area contributed by atoms with Crippen LogP contribution in [0.4, 0.5) is 5.82 Å². The molecule has 1 saturated carbocycles. The normalized spacial score (nSPS) is 14.6. The van der Waals surface area contributed by atoms with Gasteiger partial charge < -0.3 is 20.1 Å². The predicted molar refractivity (Wildman–Crippen MR) is 75.3 cm³/mol. The Morgan fingerprint density at radius 1 is 1.42 bits per heavy atom. The Hall–Kier alpha value is -1.17. The Balaban J connectivity index is 1.89. The molecule has 1 aliphatic rings. The maximum Gasteiger partial charge on any atom is 0.128 e. The Kier molecular flexibility index (Phi) is 5.57. The van der Waals surface area contributed by atoms with Gasteiger partial charge in [0, 0.05) is 39.0 Å². The molecule has 1 aromatic rings. The van der Waals surface area contributed by atoms with E-state index in [0.29, 0.717) is 19.2 Å². The third kappa shape index (κ3) is 4.78. The van der Waals surface area contributed by atoms with Gasteiger partial charge in [0.2, 0.25) is 0 Å². The lowest BCUT2D eigenvalue weighted by molar-refractivity contribution is 0.202. The van der Waals surface area contributed by atoms with E-state index in [4.69, 9.17) is 9.84 Å². The number of aliphatic hydroxyl groups is 1. The van der Waals surface area contributed by atoms with Crippen LogP contribution in [0.3, 0.4) is 0 Å². The van der Waals surface area contributed by atoms with E-state index in [-0.39, 0.29) is 6.61 Å². The third-order valence-corrected chi connectivity index (χ3v) is 3.24. The van der Waals surface area contributed by atoms with Crippen molar-refractivity contribution in [2.45, 2.75) is 25.4 Å². The maximum absolute atomic E-state index is 9.08. The van der Waals surface area contributed by atoms with Crippen molar-refractivity contribution in [3.05, 3.63) is 23.9 Å². The first-order valence-corrected chi connectivity index (χ1v) is 6.86. The number of anilines is 1. The second-order valence-corrected chi connectivity index (χ2v) is 4.88. The summed E-state index contributed by atoms with van der Waals surface area (Å²) in [5.74, 6) is 0.890. The summed E-state index contributed by atoms with van der Waals surface area (Å²) in [5.41, 5.74) is 1.20. The molecule has 19 heavy (non-hydrogen) atoms. The van der Waals surface area contributed by atoms with E-state index in [1.807, 2.05) is 17.2 Å². The van der Waals surface area contributed by atoms with E-state index in [0.717, 1.165) is 18.9 Å². The highest BCUT2D eigenvalue weighted by Gasteiger charge is 2.19. The zero-order valence-electron chi connectivity index (χ0n) is 11.5. The molecule has 1 heterocycles. The number of methoxy groups -OCH3 is 1. The molecule has 0 radical (unpaired) electrons. The highest BCUT2D eigenvalue weighted by atomic mass is 16.5. The van der Waals surface area contributed by atoms with Gasteiger partial charge in [-0.1, -0.05) is 6.07 Å². The fourth-order valence-corrected chi connectivity index (χ4v) is 1.92. The number of nitrogens with one attached hydrogen (secondary N) is 1. The highest BCUT2D eigenvalue weighted by molar-refractivity contribution is 5.39. The molecule has 5 nitrogen and oxygen atoms in total. The summed E-state index contributed by atoms with van der Waals surface area (Å²) in [6.45, 7) is 2.96. The lowest BCUT2D eigenvalue weighted by Crippen LogP contribution is -2.30. The molecule has 0 saturated heterocycles. The Labute approximate surface area is 114 Å². The number of ether oxygens (including phenoxy) is 1. The van der Waals surface area contributed by atoms with Crippen LogP contribution in [0.2, 0.25) is 0 Å². The van der Waals surface area contributed by atoms with Crippen LogP contribution >= 0.6 is 0 Å². The van der Waals surface area contributed by atoms with Crippen molar-refractivity contribution in [3.8, 4) is 0 Å². The van der Waals surface area contributed by atoms with E-state index < -0.39 is 0 Å². The summed E-state index contributed by atoms with van der Waals surface area (Å²) in [6.07, 6.45) is 4.50. The molecule has 1 aromatic heterocycles. The molecule has 0 atom stereocenters. The Morgan fingerprint density at radius 2 is 2.26 bits per heavy atom. The van der Waals surface area contributed by atoms with Gasteiger partial charge >= 0.3 is 0 Å². The molecule has 2 rings (SSSR count). The fourth-order valence-electron chi connectivity index (χ4n) is 1.92. The van der Waals surface area contributed by atoms with Crippen LogP contribution in [0.5, 0.6) is 0 Å². The molecule has 1 fully saturated rings. The summed E-state index contributed by atoms with van der Waals surface area (Å²) >= 11 is 0. The Bertz CT molecular complexity index is 365. The zero-order valence-corrected chi connectivity index (χ0v) is 11.5. The van der Waals surface area contributed by atoms with Crippen molar-refractivity contribution in [2.75, 3.05) is 38.3 Å². The smallest absolute Gasteiger partial charge is 0.128 e. The quantitative estimate of drug-likeness (QED) is 0.691. The van der Waals surface area contributed by atoms with Gasteiger partial charge in [0.1, 0.15) is 5.82 Å². The molecule has 0 aliphatic heterocycles. The summed E-state index contributed by atoms with van der Waals surface area (Å²) < 4.78 is 5.07. The first-order chi connectivity index (χ1) is 9.33. The number of aliphatic hydroxyl groups excluding tert-OH is 1. The number of aromatic nitrogens is 1. The largest absolute Gasteiger partial charge is 0.395 e. The minimum Gasteiger partial charge on any atom is -0.395 e. The summed E-state index contributed by atoms with van der Waals surface area (Å²) in [4.78, 5) is 6.50. The van der Waals surface area contributed by atoms with Gasteiger partial charge in [0.25, 0.3) is 0 Å². The number of hydrogen-bond donors (Lipinski definition) is 2. The standard InChI is InChI=1S/C14H23N3O2/c1-19-9-7-17(6-8-18)14-5-2-12(11-16-14)10-15-13-3-4-13/h2,5,11,13,15,18H,3-4,6-10H2,1H3. The van der Waals surface area contributed by atoms with Gasteiger partial charge in [0.15, 0.2) is 0 Å². The molecule has 0 unspecified atom stereocenters. The lowest BCUT2D eigenvalue weighted by Gasteiger charge is -2.22. The minimum absolute atomic E-state index is 0.121. The van der Waals surface area contributed by atoms with E-state index in [1.54, 1.807) is 7.11 Å². The first kappa shape index (κ1) is 14.2. The Morgan fingerprint density at radius 3 is 2.84 bits per heavy atom. The van der Waals surface area contributed by atoms with Crippen LogP contribution in [0.1, 0.15) is 18.4 Å². The van der Waals surface area contributed by atoms with Gasteiger partial charge in [0.05, 0.1) is 13.2 Å². The predicted octanol–water partition coefficient (Wildman–Crippen LogP) is 0.779. The SMILES string of the molecule is COCCN(CCO)c1ccc(CNC2CC2)cn1. The van der Waals surface area contributed by atoms with Crippen molar-refractivity contribution < 1.29 is 9.84 Å². The van der Waals surface area contributed by atoms with Crippen LogP contribution in [-0.2, 0) is 11.3 Å². The van der Waals surface area contributed by atoms with Crippen LogP contribution in [0, 0.1) is 0 Å². The molecule has 2 N–H and O–H groups in total. The number of nitrogens with zero attached hydrogens (tertiary/aromatic N) is 2. The van der Waals surface area contributed by atoms with Crippen molar-refractivity contribution in [1.82, 2.24) is 10.3 Å². The van der Waals surface area contributed by atoms with E-state index in [2.05, 4.69) is 16.4 Å². The van der Waals surface area contributed by atoms with Gasteiger partial charge in [-0.05, 0) is 24.5 Å². The van der Waals surface area contributed by atoms with Crippen molar-refractivity contribution >= 4 is 5.82 Å². The van der Waals surface area contributed by atoms with Gasteiger partial charge in [-0.2, -0.15) is 0 Å². The lowest BCUT2D eigenvalue weighted by atomic mass is 10.2. The molecule has 0 amide bonds. The number of rotatable bonds is 9. The molecule has 106 valence electrons. The fraction of sp³-hybridized carbons (Fsp3) is 0.643. The van der Waals surface area contributed by atoms with Gasteiger partial charge in [-0.3, -0.25) is 0 Å². The van der Waals surface area contributed by atoms with Crippen LogP contribution in [0.15, 0.2) is 18.3 Å². The van der Waals surface area contributed by atoms with Crippen molar-refractivity contribution in [1.29, 1.82) is 0 Å². The molecule has 5 heteroatoms. The summed E-state index contributed by atoms with van der Waals surface area (Å²) in [5, 5.41) is 12.6. The van der Waals surface area contributed by atoms with Gasteiger partial charge in [-0.25, -0.2) is 4.98 Å². The van der Waals surface area contributed by atoms with Crippen LogP contribution in [0.25, 0.3) is 0 Å². The zero-order chi connectivity index (χ0) is 13.5. The van der Waals surface area contributed by atoms with E-state index in [9.17, 15) is 0 Å². The van der Waals surface area contributed by atoms with Crippen molar-refractivity contribution in [2.24, 2.45) is 0 Å². The first-order valence-electron chi connectivity index (χ1n) is 6.86. The van der Waals surface area contributed by atoms with Gasteiger partial charge in [-0.15, -0.1) is 0 Å². The van der Waals surface area contributed by atoms with Crippen LogP contribution < -0.4 is 10.2 Å². The summed E-state index contributed by atoms with van der Waals surface area (Å²) in [7, 11) is 1.68. The molecular formula is C14H23N3O2. The molecule has 1 aliphatic carbocycles. The number of hydrogen-bond acceptors (Lipinski definition) is 5. The molecular weight excluding hydrogens is 242 g/mol. The molecule has 0 bridgehead atoms. The second-order valence-electron chi connectivity index (χ2n) is 4.88. The van der Waals surface area contributed by atoms with E-state index in [1.165, 1.54) is 18.4 Å². The topological polar surface area (TPSA) is 57.6 Å². The maximum atomic E-state index is 9.08. The minimum atomic E-state index is 0.121. The average molecular weight is 265 g/mol. The monoisotopic (exact) mass is 265 g/mol. The highest BCUT2D eigenvalue weighted by Crippen LogP contribution is 2.19. The third-order valence-electron chi connectivity index (χ3n) is 3.24. The van der Waals surface area contributed by atoms with Crippen molar-refractivity contribution in [3.63, 3.8) is 0 Å². The second kappa shape index (κ2) is 7.43. The van der Waals surface area contributed by atoms with E-state index >= 15 is 0 Å². The molecule has 0 aromatic carbocycles.